The summed E-state index contributed by atoms with van der Waals surface area (Å²) in [4.78, 5) is 15.5. The van der Waals surface area contributed by atoms with E-state index in [0.717, 1.165) is 26.1 Å². The van der Waals surface area contributed by atoms with Gasteiger partial charge in [0.05, 0.1) is 6.54 Å². The van der Waals surface area contributed by atoms with Crippen molar-refractivity contribution in [3.63, 3.8) is 0 Å². The molecule has 1 aliphatic heterocycles. The first-order chi connectivity index (χ1) is 9.29. The van der Waals surface area contributed by atoms with E-state index in [4.69, 9.17) is 0 Å². The zero-order valence-electron chi connectivity index (χ0n) is 11.5. The number of likely N-dealkylation sites (tertiary alicyclic amines) is 1. The lowest BCUT2D eigenvalue weighted by Crippen LogP contribution is -2.43. The maximum absolute atomic E-state index is 11.9. The van der Waals surface area contributed by atoms with E-state index in [-0.39, 0.29) is 5.91 Å². The van der Waals surface area contributed by atoms with Gasteiger partial charge in [-0.15, -0.1) is 11.3 Å². The molecular formula is C14H23N3OS. The summed E-state index contributed by atoms with van der Waals surface area (Å²) in [7, 11) is 1.97. The highest BCUT2D eigenvalue weighted by molar-refractivity contribution is 7.09. The van der Waals surface area contributed by atoms with Crippen molar-refractivity contribution in [3.8, 4) is 0 Å². The maximum atomic E-state index is 11.9. The van der Waals surface area contributed by atoms with Crippen LogP contribution in [0.4, 0.5) is 0 Å². The second kappa shape index (κ2) is 7.62. The van der Waals surface area contributed by atoms with Crippen molar-refractivity contribution in [2.24, 2.45) is 0 Å². The Hall–Kier alpha value is -0.910. The Morgan fingerprint density at radius 2 is 2.47 bits per heavy atom. The fourth-order valence-electron chi connectivity index (χ4n) is 2.59. The van der Waals surface area contributed by atoms with E-state index < -0.39 is 0 Å². The van der Waals surface area contributed by atoms with Crippen LogP contribution in [-0.4, -0.2) is 50.1 Å². The molecule has 1 unspecified atom stereocenters. The number of hydrogen-bond acceptors (Lipinski definition) is 4. The van der Waals surface area contributed by atoms with Crippen LogP contribution in [0.2, 0.25) is 0 Å². The summed E-state index contributed by atoms with van der Waals surface area (Å²) in [6.45, 7) is 3.30. The third-order valence-electron chi connectivity index (χ3n) is 3.56. The van der Waals surface area contributed by atoms with Gasteiger partial charge in [0.1, 0.15) is 0 Å². The van der Waals surface area contributed by atoms with Gasteiger partial charge in [0.15, 0.2) is 0 Å². The molecule has 1 aromatic rings. The minimum absolute atomic E-state index is 0.152. The van der Waals surface area contributed by atoms with E-state index in [0.29, 0.717) is 12.6 Å². The predicted molar refractivity (Wildman–Crippen MR) is 79.6 cm³/mol. The summed E-state index contributed by atoms with van der Waals surface area (Å²) in [5, 5.41) is 8.29. The first-order valence-electron chi connectivity index (χ1n) is 6.97. The fraction of sp³-hybridized carbons (Fsp3) is 0.643. The van der Waals surface area contributed by atoms with E-state index >= 15 is 0 Å². The molecule has 0 spiro atoms. The van der Waals surface area contributed by atoms with Gasteiger partial charge in [0.25, 0.3) is 0 Å². The van der Waals surface area contributed by atoms with Crippen molar-refractivity contribution in [2.45, 2.75) is 25.3 Å². The maximum Gasteiger partial charge on any atom is 0.234 e. The third-order valence-corrected chi connectivity index (χ3v) is 4.50. The molecular weight excluding hydrogens is 258 g/mol. The lowest BCUT2D eigenvalue weighted by atomic mass is 10.2. The lowest BCUT2D eigenvalue weighted by molar-refractivity contribution is -0.122. The molecule has 0 saturated carbocycles. The summed E-state index contributed by atoms with van der Waals surface area (Å²) in [6, 6.07) is 4.68. The summed E-state index contributed by atoms with van der Waals surface area (Å²) in [5.74, 6) is 0.152. The van der Waals surface area contributed by atoms with E-state index in [2.05, 4.69) is 27.0 Å². The van der Waals surface area contributed by atoms with Gasteiger partial charge in [0.2, 0.25) is 5.91 Å². The van der Waals surface area contributed by atoms with Crippen LogP contribution >= 0.6 is 11.3 Å². The van der Waals surface area contributed by atoms with Crippen molar-refractivity contribution in [1.29, 1.82) is 0 Å². The third kappa shape index (κ3) is 4.60. The predicted octanol–water partition coefficient (Wildman–Crippen LogP) is 1.09. The molecule has 19 heavy (non-hydrogen) atoms. The van der Waals surface area contributed by atoms with Crippen LogP contribution < -0.4 is 10.6 Å². The van der Waals surface area contributed by atoms with Gasteiger partial charge in [-0.25, -0.2) is 0 Å². The van der Waals surface area contributed by atoms with Gasteiger partial charge in [0, 0.05) is 24.0 Å². The standard InChI is InChI=1S/C14H23N3OS/c1-15-10-12-4-2-8-17(12)11-14(18)16-7-6-13-5-3-9-19-13/h3,5,9,12,15H,2,4,6-8,10-11H2,1H3,(H,16,18). The molecule has 1 saturated heterocycles. The number of likely N-dealkylation sites (N-methyl/N-ethyl adjacent to an activating group) is 1. The molecule has 106 valence electrons. The second-order valence-corrected chi connectivity index (χ2v) is 6.04. The Morgan fingerprint density at radius 1 is 1.58 bits per heavy atom. The van der Waals surface area contributed by atoms with E-state index in [9.17, 15) is 4.79 Å². The molecule has 5 heteroatoms. The Balaban J connectivity index is 1.66. The number of rotatable bonds is 7. The first-order valence-corrected chi connectivity index (χ1v) is 7.85. The number of nitrogens with zero attached hydrogens (tertiary/aromatic N) is 1. The molecule has 0 aromatic carbocycles. The second-order valence-electron chi connectivity index (χ2n) is 5.00. The van der Waals surface area contributed by atoms with E-state index in [1.54, 1.807) is 11.3 Å². The van der Waals surface area contributed by atoms with Crippen molar-refractivity contribution in [2.75, 3.05) is 33.2 Å². The lowest BCUT2D eigenvalue weighted by Gasteiger charge is -2.23. The molecule has 0 radical (unpaired) electrons. The molecule has 0 bridgehead atoms. The van der Waals surface area contributed by atoms with Gasteiger partial charge in [-0.3, -0.25) is 9.69 Å². The molecule has 0 aliphatic carbocycles. The first kappa shape index (κ1) is 14.5. The minimum atomic E-state index is 0.152. The van der Waals surface area contributed by atoms with Crippen LogP contribution in [0.5, 0.6) is 0 Å². The van der Waals surface area contributed by atoms with E-state index in [1.807, 2.05) is 13.1 Å². The van der Waals surface area contributed by atoms with Gasteiger partial charge >= 0.3 is 0 Å². The quantitative estimate of drug-likeness (QED) is 0.786. The van der Waals surface area contributed by atoms with Crippen LogP contribution in [-0.2, 0) is 11.2 Å². The van der Waals surface area contributed by atoms with Gasteiger partial charge in [-0.1, -0.05) is 6.07 Å². The van der Waals surface area contributed by atoms with Crippen molar-refractivity contribution in [1.82, 2.24) is 15.5 Å². The van der Waals surface area contributed by atoms with Crippen LogP contribution in [0.25, 0.3) is 0 Å². The molecule has 1 amide bonds. The van der Waals surface area contributed by atoms with Crippen molar-refractivity contribution in [3.05, 3.63) is 22.4 Å². The highest BCUT2D eigenvalue weighted by Gasteiger charge is 2.25. The van der Waals surface area contributed by atoms with Crippen LogP contribution in [0.3, 0.4) is 0 Å². The Morgan fingerprint density at radius 3 is 3.21 bits per heavy atom. The number of nitrogens with one attached hydrogen (secondary N) is 2. The number of thiophene rings is 1. The topological polar surface area (TPSA) is 44.4 Å². The average Bonchev–Trinajstić information content (AvgIpc) is 3.02. The van der Waals surface area contributed by atoms with Crippen LogP contribution in [0.1, 0.15) is 17.7 Å². The number of hydrogen-bond donors (Lipinski definition) is 2. The largest absolute Gasteiger partial charge is 0.355 e. The molecule has 1 fully saturated rings. The highest BCUT2D eigenvalue weighted by Crippen LogP contribution is 2.15. The van der Waals surface area contributed by atoms with Gasteiger partial charge in [-0.05, 0) is 44.3 Å². The number of carbonyl (C=O) groups excluding carboxylic acids is 1. The number of carbonyl (C=O) groups is 1. The Bertz CT molecular complexity index is 380. The van der Waals surface area contributed by atoms with Gasteiger partial charge in [-0.2, -0.15) is 0 Å². The fourth-order valence-corrected chi connectivity index (χ4v) is 3.30. The van der Waals surface area contributed by atoms with E-state index in [1.165, 1.54) is 17.7 Å². The Labute approximate surface area is 119 Å². The molecule has 1 aliphatic rings. The molecule has 2 N–H and O–H groups in total. The molecule has 2 rings (SSSR count). The summed E-state index contributed by atoms with van der Waals surface area (Å²) < 4.78 is 0. The summed E-state index contributed by atoms with van der Waals surface area (Å²) in [5.41, 5.74) is 0. The molecule has 4 nitrogen and oxygen atoms in total. The Kier molecular flexibility index (Phi) is 5.82. The van der Waals surface area contributed by atoms with Crippen molar-refractivity contribution >= 4 is 17.2 Å². The summed E-state index contributed by atoms with van der Waals surface area (Å²) >= 11 is 1.74. The molecule has 1 aromatic heterocycles. The van der Waals surface area contributed by atoms with Crippen LogP contribution in [0.15, 0.2) is 17.5 Å². The average molecular weight is 281 g/mol. The monoisotopic (exact) mass is 281 g/mol. The number of amides is 1. The zero-order valence-corrected chi connectivity index (χ0v) is 12.3. The van der Waals surface area contributed by atoms with Crippen LogP contribution in [0, 0.1) is 0 Å². The molecule has 1 atom stereocenters. The highest BCUT2D eigenvalue weighted by atomic mass is 32.1. The zero-order chi connectivity index (χ0) is 13.5. The normalized spacial score (nSPS) is 19.7. The van der Waals surface area contributed by atoms with Crippen molar-refractivity contribution < 1.29 is 4.79 Å². The van der Waals surface area contributed by atoms with Gasteiger partial charge < -0.3 is 10.6 Å². The smallest absolute Gasteiger partial charge is 0.234 e. The minimum Gasteiger partial charge on any atom is -0.355 e. The summed E-state index contributed by atoms with van der Waals surface area (Å²) in [6.07, 6.45) is 3.33. The molecule has 2 heterocycles. The SMILES string of the molecule is CNCC1CCCN1CC(=O)NCCc1cccs1.